The van der Waals surface area contributed by atoms with E-state index in [9.17, 15) is 5.11 Å². The topological polar surface area (TPSA) is 38.0 Å². The molecule has 1 aromatic carbocycles. The van der Waals surface area contributed by atoms with Crippen LogP contribution in [-0.2, 0) is 6.54 Å². The lowest BCUT2D eigenvalue weighted by atomic mass is 10.1. The predicted octanol–water partition coefficient (Wildman–Crippen LogP) is 2.95. The summed E-state index contributed by atoms with van der Waals surface area (Å²) in [6.45, 7) is 4.67. The zero-order valence-electron chi connectivity index (χ0n) is 9.89. The Labute approximate surface area is 106 Å². The van der Waals surface area contributed by atoms with Crippen LogP contribution in [0.4, 0.5) is 0 Å². The number of rotatable bonds is 3. The van der Waals surface area contributed by atoms with Crippen LogP contribution in [0.2, 0.25) is 5.02 Å². The molecule has 2 rings (SSSR count). The minimum absolute atomic E-state index is 0.659. The molecule has 1 unspecified atom stereocenters. The van der Waals surface area contributed by atoms with E-state index < -0.39 is 6.10 Å². The molecule has 1 aromatic heterocycles. The lowest BCUT2D eigenvalue weighted by molar-refractivity contribution is 0.208. The predicted molar refractivity (Wildman–Crippen MR) is 68.2 cm³/mol. The van der Waals surface area contributed by atoms with Gasteiger partial charge in [0, 0.05) is 11.6 Å². The van der Waals surface area contributed by atoms with Gasteiger partial charge in [0.25, 0.3) is 0 Å². The summed E-state index contributed by atoms with van der Waals surface area (Å²) >= 11 is 5.83. The van der Waals surface area contributed by atoms with E-state index in [0.29, 0.717) is 5.02 Å². The summed E-state index contributed by atoms with van der Waals surface area (Å²) in [5.41, 5.74) is 2.55. The van der Waals surface area contributed by atoms with Crippen LogP contribution >= 0.6 is 11.6 Å². The Morgan fingerprint density at radius 3 is 2.59 bits per heavy atom. The molecule has 0 spiro atoms. The summed E-state index contributed by atoms with van der Waals surface area (Å²) in [6.07, 6.45) is -0.659. The third-order valence-corrected chi connectivity index (χ3v) is 2.95. The molecular formula is C13H15ClN2O. The summed E-state index contributed by atoms with van der Waals surface area (Å²) in [5, 5.41) is 15.3. The second kappa shape index (κ2) is 4.90. The van der Waals surface area contributed by atoms with Gasteiger partial charge in [-0.1, -0.05) is 23.7 Å². The van der Waals surface area contributed by atoms with Crippen molar-refractivity contribution in [2.24, 2.45) is 0 Å². The van der Waals surface area contributed by atoms with E-state index in [1.54, 1.807) is 12.1 Å². The molecule has 2 aromatic rings. The Balaban J connectivity index is 2.35. The fourth-order valence-corrected chi connectivity index (χ4v) is 1.98. The van der Waals surface area contributed by atoms with Gasteiger partial charge in [-0.05, 0) is 37.6 Å². The molecule has 0 bridgehead atoms. The molecule has 0 aliphatic rings. The van der Waals surface area contributed by atoms with Crippen molar-refractivity contribution in [3.8, 4) is 0 Å². The van der Waals surface area contributed by atoms with Crippen LogP contribution in [0.5, 0.6) is 0 Å². The number of aliphatic hydroxyl groups excluding tert-OH is 1. The molecule has 0 amide bonds. The summed E-state index contributed by atoms with van der Waals surface area (Å²) in [7, 11) is 0. The van der Waals surface area contributed by atoms with Crippen LogP contribution < -0.4 is 0 Å². The van der Waals surface area contributed by atoms with Gasteiger partial charge < -0.3 is 5.11 Å². The Morgan fingerprint density at radius 1 is 1.35 bits per heavy atom. The second-order valence-electron chi connectivity index (χ2n) is 3.98. The van der Waals surface area contributed by atoms with Crippen LogP contribution in [0.15, 0.2) is 30.3 Å². The van der Waals surface area contributed by atoms with Gasteiger partial charge in [-0.15, -0.1) is 0 Å². The summed E-state index contributed by atoms with van der Waals surface area (Å²) in [6, 6.07) is 9.12. The molecule has 90 valence electrons. The zero-order valence-corrected chi connectivity index (χ0v) is 10.6. The van der Waals surface area contributed by atoms with E-state index in [1.165, 1.54) is 0 Å². The maximum Gasteiger partial charge on any atom is 0.121 e. The summed E-state index contributed by atoms with van der Waals surface area (Å²) < 4.78 is 1.81. The van der Waals surface area contributed by atoms with Crippen molar-refractivity contribution in [2.75, 3.05) is 0 Å². The standard InChI is InChI=1S/C13H15ClN2O/c1-3-16-12(8-9(2)15-16)13(17)10-4-6-11(14)7-5-10/h4-8,13,17H,3H2,1-2H3. The lowest BCUT2D eigenvalue weighted by Crippen LogP contribution is -2.08. The Kier molecular flexibility index (Phi) is 3.50. The second-order valence-corrected chi connectivity index (χ2v) is 4.42. The first-order valence-corrected chi connectivity index (χ1v) is 5.97. The maximum absolute atomic E-state index is 10.3. The largest absolute Gasteiger partial charge is 0.382 e. The number of hydrogen-bond donors (Lipinski definition) is 1. The van der Waals surface area contributed by atoms with Crippen molar-refractivity contribution < 1.29 is 5.11 Å². The summed E-state index contributed by atoms with van der Waals surface area (Å²) in [5.74, 6) is 0. The number of aromatic nitrogens is 2. The molecule has 0 aliphatic heterocycles. The molecule has 1 heterocycles. The van der Waals surface area contributed by atoms with Crippen LogP contribution in [-0.4, -0.2) is 14.9 Å². The molecule has 0 aliphatic carbocycles. The van der Waals surface area contributed by atoms with Gasteiger partial charge in [-0.2, -0.15) is 5.10 Å². The first-order chi connectivity index (χ1) is 8.11. The van der Waals surface area contributed by atoms with Gasteiger partial charge in [-0.25, -0.2) is 0 Å². The average molecular weight is 251 g/mol. The molecule has 1 atom stereocenters. The Morgan fingerprint density at radius 2 is 2.00 bits per heavy atom. The number of nitrogens with zero attached hydrogens (tertiary/aromatic N) is 2. The molecule has 4 heteroatoms. The van der Waals surface area contributed by atoms with E-state index >= 15 is 0 Å². The smallest absolute Gasteiger partial charge is 0.121 e. The molecular weight excluding hydrogens is 236 g/mol. The monoisotopic (exact) mass is 250 g/mol. The van der Waals surface area contributed by atoms with Crippen molar-refractivity contribution in [3.05, 3.63) is 52.3 Å². The molecule has 17 heavy (non-hydrogen) atoms. The van der Waals surface area contributed by atoms with Gasteiger partial charge in [0.15, 0.2) is 0 Å². The van der Waals surface area contributed by atoms with Gasteiger partial charge in [0.1, 0.15) is 6.10 Å². The highest BCUT2D eigenvalue weighted by Gasteiger charge is 2.15. The van der Waals surface area contributed by atoms with Crippen molar-refractivity contribution in [1.82, 2.24) is 9.78 Å². The SMILES string of the molecule is CCn1nc(C)cc1C(O)c1ccc(Cl)cc1. The Hall–Kier alpha value is -1.32. The molecule has 0 saturated carbocycles. The summed E-state index contributed by atoms with van der Waals surface area (Å²) in [4.78, 5) is 0. The number of benzene rings is 1. The van der Waals surface area contributed by atoms with E-state index in [4.69, 9.17) is 11.6 Å². The fourth-order valence-electron chi connectivity index (χ4n) is 1.85. The number of hydrogen-bond acceptors (Lipinski definition) is 2. The fraction of sp³-hybridized carbons (Fsp3) is 0.308. The van der Waals surface area contributed by atoms with Crippen LogP contribution in [0.25, 0.3) is 0 Å². The number of aryl methyl sites for hydroxylation is 2. The van der Waals surface area contributed by atoms with Gasteiger partial charge in [0.05, 0.1) is 11.4 Å². The minimum atomic E-state index is -0.659. The first kappa shape index (κ1) is 12.1. The van der Waals surface area contributed by atoms with Crippen LogP contribution in [0.3, 0.4) is 0 Å². The maximum atomic E-state index is 10.3. The molecule has 3 nitrogen and oxygen atoms in total. The molecule has 0 radical (unpaired) electrons. The third-order valence-electron chi connectivity index (χ3n) is 2.70. The first-order valence-electron chi connectivity index (χ1n) is 5.59. The lowest BCUT2D eigenvalue weighted by Gasteiger charge is -2.12. The highest BCUT2D eigenvalue weighted by atomic mass is 35.5. The van der Waals surface area contributed by atoms with Crippen molar-refractivity contribution >= 4 is 11.6 Å². The van der Waals surface area contributed by atoms with Crippen LogP contribution in [0.1, 0.15) is 30.0 Å². The van der Waals surface area contributed by atoms with Crippen molar-refractivity contribution in [3.63, 3.8) is 0 Å². The Bertz CT molecular complexity index is 505. The van der Waals surface area contributed by atoms with Crippen LogP contribution in [0, 0.1) is 6.92 Å². The average Bonchev–Trinajstić information content (AvgIpc) is 2.70. The normalized spacial score (nSPS) is 12.7. The van der Waals surface area contributed by atoms with Gasteiger partial charge in [-0.3, -0.25) is 4.68 Å². The van der Waals surface area contributed by atoms with Crippen molar-refractivity contribution in [2.45, 2.75) is 26.5 Å². The van der Waals surface area contributed by atoms with E-state index in [0.717, 1.165) is 23.5 Å². The quantitative estimate of drug-likeness (QED) is 0.910. The van der Waals surface area contributed by atoms with E-state index in [1.807, 2.05) is 36.7 Å². The minimum Gasteiger partial charge on any atom is -0.382 e. The third kappa shape index (κ3) is 2.51. The van der Waals surface area contributed by atoms with Gasteiger partial charge >= 0.3 is 0 Å². The number of aliphatic hydroxyl groups is 1. The zero-order chi connectivity index (χ0) is 12.4. The molecule has 1 N–H and O–H groups in total. The highest BCUT2D eigenvalue weighted by Crippen LogP contribution is 2.23. The van der Waals surface area contributed by atoms with Gasteiger partial charge in [0.2, 0.25) is 0 Å². The van der Waals surface area contributed by atoms with Crippen molar-refractivity contribution in [1.29, 1.82) is 0 Å². The molecule has 0 saturated heterocycles. The van der Waals surface area contributed by atoms with E-state index in [2.05, 4.69) is 5.10 Å². The molecule has 0 fully saturated rings. The van der Waals surface area contributed by atoms with E-state index in [-0.39, 0.29) is 0 Å². The highest BCUT2D eigenvalue weighted by molar-refractivity contribution is 6.30. The number of halogens is 1.